The predicted octanol–water partition coefficient (Wildman–Crippen LogP) is 1.28. The molecule has 2 aromatic rings. The number of carbonyl (C=O) groups is 2. The van der Waals surface area contributed by atoms with Crippen LogP contribution < -0.4 is 20.1 Å². The van der Waals surface area contributed by atoms with E-state index < -0.39 is 0 Å². The van der Waals surface area contributed by atoms with Gasteiger partial charge >= 0.3 is 0 Å². The van der Waals surface area contributed by atoms with E-state index in [2.05, 4.69) is 20.6 Å². The van der Waals surface area contributed by atoms with E-state index in [0.717, 1.165) is 11.3 Å². The Bertz CT molecular complexity index is 778. The van der Waals surface area contributed by atoms with Crippen LogP contribution in [0.25, 0.3) is 0 Å². The van der Waals surface area contributed by atoms with E-state index in [1.807, 2.05) is 18.2 Å². The molecule has 27 heavy (non-hydrogen) atoms. The van der Waals surface area contributed by atoms with Gasteiger partial charge in [-0.05, 0) is 31.0 Å². The average Bonchev–Trinajstić information content (AvgIpc) is 2.68. The van der Waals surface area contributed by atoms with Crippen molar-refractivity contribution in [3.63, 3.8) is 0 Å². The molecule has 1 heterocycles. The molecule has 0 aliphatic carbocycles. The van der Waals surface area contributed by atoms with Crippen molar-refractivity contribution in [3.8, 4) is 11.5 Å². The minimum atomic E-state index is -0.347. The van der Waals surface area contributed by atoms with E-state index in [9.17, 15) is 9.59 Å². The molecule has 0 unspecified atom stereocenters. The molecule has 0 saturated heterocycles. The Kier molecular flexibility index (Phi) is 7.54. The lowest BCUT2D eigenvalue weighted by Crippen LogP contribution is -2.32. The first-order chi connectivity index (χ1) is 13.0. The summed E-state index contributed by atoms with van der Waals surface area (Å²) in [6, 6.07) is 5.64. The molecule has 0 spiro atoms. The van der Waals surface area contributed by atoms with Gasteiger partial charge in [0, 0.05) is 25.7 Å². The number of rotatable bonds is 9. The van der Waals surface area contributed by atoms with Crippen molar-refractivity contribution in [2.45, 2.75) is 19.8 Å². The van der Waals surface area contributed by atoms with Crippen LogP contribution in [0, 0.1) is 6.92 Å². The number of aromatic nitrogens is 2. The Balaban J connectivity index is 1.69. The molecule has 8 heteroatoms. The number of nitrogens with one attached hydrogen (secondary N) is 2. The van der Waals surface area contributed by atoms with Crippen LogP contribution in [-0.4, -0.2) is 49.1 Å². The molecule has 1 aromatic heterocycles. The summed E-state index contributed by atoms with van der Waals surface area (Å²) in [6.07, 6.45) is 3.79. The zero-order valence-electron chi connectivity index (χ0n) is 15.7. The quantitative estimate of drug-likeness (QED) is 0.687. The van der Waals surface area contributed by atoms with Crippen LogP contribution in [0.5, 0.6) is 11.5 Å². The van der Waals surface area contributed by atoms with E-state index in [-0.39, 0.29) is 30.5 Å². The molecule has 0 bridgehead atoms. The molecule has 2 rings (SSSR count). The predicted molar refractivity (Wildman–Crippen MR) is 100.0 cm³/mol. The zero-order valence-corrected chi connectivity index (χ0v) is 15.7. The maximum absolute atomic E-state index is 11.9. The number of hydrogen-bond acceptors (Lipinski definition) is 6. The van der Waals surface area contributed by atoms with Gasteiger partial charge in [-0.25, -0.2) is 4.98 Å². The van der Waals surface area contributed by atoms with Crippen LogP contribution >= 0.6 is 0 Å². The van der Waals surface area contributed by atoms with Crippen molar-refractivity contribution in [1.82, 2.24) is 20.6 Å². The minimum Gasteiger partial charge on any atom is -0.493 e. The van der Waals surface area contributed by atoms with Crippen molar-refractivity contribution in [2.75, 3.05) is 27.3 Å². The van der Waals surface area contributed by atoms with Crippen LogP contribution in [0.15, 0.2) is 30.6 Å². The van der Waals surface area contributed by atoms with Crippen molar-refractivity contribution >= 4 is 11.8 Å². The van der Waals surface area contributed by atoms with Gasteiger partial charge in [0.25, 0.3) is 5.91 Å². The Hall–Kier alpha value is -3.16. The molecule has 0 fully saturated rings. The van der Waals surface area contributed by atoms with Crippen molar-refractivity contribution in [3.05, 3.63) is 47.5 Å². The van der Waals surface area contributed by atoms with E-state index in [1.54, 1.807) is 21.1 Å². The number of nitrogens with zero attached hydrogens (tertiary/aromatic N) is 2. The average molecular weight is 372 g/mol. The number of hydrogen-bond donors (Lipinski definition) is 2. The highest BCUT2D eigenvalue weighted by molar-refractivity contribution is 5.92. The highest BCUT2D eigenvalue weighted by atomic mass is 16.5. The fourth-order valence-corrected chi connectivity index (χ4v) is 2.36. The van der Waals surface area contributed by atoms with Gasteiger partial charge < -0.3 is 20.1 Å². The maximum atomic E-state index is 11.9. The largest absolute Gasteiger partial charge is 0.493 e. The molecule has 2 amide bonds. The summed E-state index contributed by atoms with van der Waals surface area (Å²) >= 11 is 0. The number of amides is 2. The van der Waals surface area contributed by atoms with Crippen molar-refractivity contribution < 1.29 is 19.1 Å². The Morgan fingerprint density at radius 2 is 1.78 bits per heavy atom. The first-order valence-corrected chi connectivity index (χ1v) is 8.58. The lowest BCUT2D eigenvalue weighted by Gasteiger charge is -2.10. The molecule has 1 aromatic carbocycles. The van der Waals surface area contributed by atoms with E-state index in [4.69, 9.17) is 9.47 Å². The first-order valence-electron chi connectivity index (χ1n) is 8.58. The van der Waals surface area contributed by atoms with Crippen LogP contribution in [0.1, 0.15) is 28.2 Å². The summed E-state index contributed by atoms with van der Waals surface area (Å²) in [5, 5.41) is 5.48. The van der Waals surface area contributed by atoms with Gasteiger partial charge in [0.1, 0.15) is 5.69 Å². The molecular weight excluding hydrogens is 348 g/mol. The molecule has 2 N–H and O–H groups in total. The summed E-state index contributed by atoms with van der Waals surface area (Å²) in [7, 11) is 3.17. The van der Waals surface area contributed by atoms with Gasteiger partial charge in [0.2, 0.25) is 5.91 Å². The van der Waals surface area contributed by atoms with E-state index in [0.29, 0.717) is 24.5 Å². The third-order valence-electron chi connectivity index (χ3n) is 3.83. The molecule has 0 aliphatic heterocycles. The summed E-state index contributed by atoms with van der Waals surface area (Å²) in [4.78, 5) is 31.8. The second kappa shape index (κ2) is 10.1. The molecule has 8 nitrogen and oxygen atoms in total. The number of carbonyl (C=O) groups excluding carboxylic acids is 2. The molecular formula is C19H24N4O4. The van der Waals surface area contributed by atoms with Crippen LogP contribution in [-0.2, 0) is 11.2 Å². The lowest BCUT2D eigenvalue weighted by atomic mass is 10.1. The van der Waals surface area contributed by atoms with Gasteiger partial charge in [-0.3, -0.25) is 14.6 Å². The topological polar surface area (TPSA) is 102 Å². The summed E-state index contributed by atoms with van der Waals surface area (Å²) in [5.41, 5.74) is 1.99. The highest BCUT2D eigenvalue weighted by Crippen LogP contribution is 2.27. The Morgan fingerprint density at radius 1 is 1.00 bits per heavy atom. The summed E-state index contributed by atoms with van der Waals surface area (Å²) in [5.74, 6) is 0.842. The SMILES string of the molecule is COc1ccc(CCNC(=O)CCNC(=O)c2cnc(C)cn2)cc1OC. The number of methoxy groups -OCH3 is 2. The van der Waals surface area contributed by atoms with Crippen LogP contribution in [0.3, 0.4) is 0 Å². The third kappa shape index (κ3) is 6.25. The Labute approximate surface area is 158 Å². The van der Waals surface area contributed by atoms with E-state index >= 15 is 0 Å². The summed E-state index contributed by atoms with van der Waals surface area (Å²) in [6.45, 7) is 2.52. The van der Waals surface area contributed by atoms with Gasteiger partial charge in [0.05, 0.1) is 26.1 Å². The molecule has 144 valence electrons. The van der Waals surface area contributed by atoms with Gasteiger partial charge in [-0.2, -0.15) is 0 Å². The standard InChI is InChI=1S/C19H24N4O4/c1-13-11-23-15(12-22-13)19(25)21-9-7-18(24)20-8-6-14-4-5-16(26-2)17(10-14)27-3/h4-5,10-12H,6-9H2,1-3H3,(H,20,24)(H,21,25). The summed E-state index contributed by atoms with van der Waals surface area (Å²) < 4.78 is 10.5. The highest BCUT2D eigenvalue weighted by Gasteiger charge is 2.09. The van der Waals surface area contributed by atoms with Gasteiger partial charge in [-0.1, -0.05) is 6.07 Å². The monoisotopic (exact) mass is 372 g/mol. The van der Waals surface area contributed by atoms with Crippen LogP contribution in [0.4, 0.5) is 0 Å². The van der Waals surface area contributed by atoms with Crippen molar-refractivity contribution in [1.29, 1.82) is 0 Å². The smallest absolute Gasteiger partial charge is 0.271 e. The minimum absolute atomic E-state index is 0.134. The number of ether oxygens (including phenoxy) is 2. The fraction of sp³-hybridized carbons (Fsp3) is 0.368. The van der Waals surface area contributed by atoms with E-state index in [1.165, 1.54) is 12.4 Å². The van der Waals surface area contributed by atoms with Gasteiger partial charge in [-0.15, -0.1) is 0 Å². The second-order valence-electron chi connectivity index (χ2n) is 5.84. The molecule has 0 atom stereocenters. The number of benzene rings is 1. The molecule has 0 saturated carbocycles. The Morgan fingerprint density at radius 3 is 2.44 bits per heavy atom. The third-order valence-corrected chi connectivity index (χ3v) is 3.83. The maximum Gasteiger partial charge on any atom is 0.271 e. The second-order valence-corrected chi connectivity index (χ2v) is 5.84. The number of aryl methyl sites for hydroxylation is 1. The molecule has 0 radical (unpaired) electrons. The normalized spacial score (nSPS) is 10.2. The lowest BCUT2D eigenvalue weighted by molar-refractivity contribution is -0.120. The zero-order chi connectivity index (χ0) is 19.6. The van der Waals surface area contributed by atoms with Crippen molar-refractivity contribution in [2.24, 2.45) is 0 Å². The molecule has 0 aliphatic rings. The first kappa shape index (κ1) is 20.2. The van der Waals surface area contributed by atoms with Crippen LogP contribution in [0.2, 0.25) is 0 Å². The fourth-order valence-electron chi connectivity index (χ4n) is 2.36. The van der Waals surface area contributed by atoms with Gasteiger partial charge in [0.15, 0.2) is 11.5 Å².